The van der Waals surface area contributed by atoms with E-state index in [2.05, 4.69) is 10.3 Å². The molecule has 0 bridgehead atoms. The summed E-state index contributed by atoms with van der Waals surface area (Å²) in [5, 5.41) is 16.9. The normalized spacial score (nSPS) is 17.1. The molecule has 6 heteroatoms. The quantitative estimate of drug-likeness (QED) is 0.883. The van der Waals surface area contributed by atoms with E-state index in [1.165, 1.54) is 0 Å². The fourth-order valence-electron chi connectivity index (χ4n) is 2.16. The van der Waals surface area contributed by atoms with Gasteiger partial charge in [0.2, 0.25) is 0 Å². The molecule has 0 fully saturated rings. The number of aromatic nitrogens is 3. The highest BCUT2D eigenvalue weighted by molar-refractivity contribution is 5.40. The predicted molar refractivity (Wildman–Crippen MR) is 71.8 cm³/mol. The van der Waals surface area contributed by atoms with Crippen molar-refractivity contribution in [1.82, 2.24) is 15.0 Å². The third kappa shape index (κ3) is 2.91. The molecule has 2 heterocycles. The second-order valence-corrected chi connectivity index (χ2v) is 4.76. The molecule has 2 aromatic rings. The second kappa shape index (κ2) is 5.92. The molecule has 0 amide bonds. The molecule has 1 unspecified atom stereocenters. The van der Waals surface area contributed by atoms with E-state index in [-0.39, 0.29) is 12.7 Å². The Morgan fingerprint density at radius 3 is 3.00 bits per heavy atom. The third-order valence-corrected chi connectivity index (χ3v) is 3.14. The zero-order valence-electron chi connectivity index (χ0n) is 11.1. The number of ether oxygens (including phenoxy) is 2. The van der Waals surface area contributed by atoms with Crippen molar-refractivity contribution in [3.05, 3.63) is 36.2 Å². The first-order valence-corrected chi connectivity index (χ1v) is 6.73. The first-order valence-electron chi connectivity index (χ1n) is 6.73. The number of aryl methyl sites for hydroxylation is 1. The van der Waals surface area contributed by atoms with Crippen molar-refractivity contribution in [3.8, 4) is 11.5 Å². The largest absolute Gasteiger partial charge is 0.486 e. The molecule has 6 nitrogen and oxygen atoms in total. The lowest BCUT2D eigenvalue weighted by atomic mass is 10.2. The van der Waals surface area contributed by atoms with Crippen molar-refractivity contribution in [2.24, 2.45) is 0 Å². The lowest BCUT2D eigenvalue weighted by Crippen LogP contribution is -2.33. The Hall–Kier alpha value is -2.08. The van der Waals surface area contributed by atoms with Gasteiger partial charge in [0.25, 0.3) is 0 Å². The fourth-order valence-corrected chi connectivity index (χ4v) is 2.16. The van der Waals surface area contributed by atoms with Crippen LogP contribution in [0.1, 0.15) is 12.1 Å². The summed E-state index contributed by atoms with van der Waals surface area (Å²) in [6, 6.07) is 7.64. The molecule has 0 spiro atoms. The van der Waals surface area contributed by atoms with E-state index in [0.29, 0.717) is 19.6 Å². The average molecular weight is 275 g/mol. The van der Waals surface area contributed by atoms with Crippen molar-refractivity contribution in [3.63, 3.8) is 0 Å². The molecule has 106 valence electrons. The van der Waals surface area contributed by atoms with Gasteiger partial charge in [-0.05, 0) is 25.0 Å². The molecule has 1 aromatic carbocycles. The van der Waals surface area contributed by atoms with Crippen molar-refractivity contribution >= 4 is 0 Å². The van der Waals surface area contributed by atoms with Gasteiger partial charge < -0.3 is 14.6 Å². The first kappa shape index (κ1) is 12.9. The summed E-state index contributed by atoms with van der Waals surface area (Å²) < 4.78 is 13.3. The first-order chi connectivity index (χ1) is 9.85. The Kier molecular flexibility index (Phi) is 3.83. The van der Waals surface area contributed by atoms with Crippen LogP contribution in [0.5, 0.6) is 11.5 Å². The monoisotopic (exact) mass is 275 g/mol. The van der Waals surface area contributed by atoms with Gasteiger partial charge in [-0.25, -0.2) is 4.68 Å². The van der Waals surface area contributed by atoms with Crippen LogP contribution in [0.4, 0.5) is 0 Å². The van der Waals surface area contributed by atoms with Crippen LogP contribution in [0.2, 0.25) is 0 Å². The maximum Gasteiger partial charge on any atom is 0.161 e. The molecular formula is C14H17N3O3. The van der Waals surface area contributed by atoms with E-state index in [1.54, 1.807) is 4.68 Å². The van der Waals surface area contributed by atoms with Crippen molar-refractivity contribution < 1.29 is 14.6 Å². The zero-order chi connectivity index (χ0) is 13.8. The number of benzene rings is 1. The van der Waals surface area contributed by atoms with Crippen LogP contribution >= 0.6 is 0 Å². The SMILES string of the molecule is OCCCc1cn(CC2COc3ccccc3O2)nn1. The number of aliphatic hydroxyl groups excluding tert-OH is 1. The maximum atomic E-state index is 8.80. The summed E-state index contributed by atoms with van der Waals surface area (Å²) in [7, 11) is 0. The highest BCUT2D eigenvalue weighted by atomic mass is 16.6. The molecule has 1 N–H and O–H groups in total. The summed E-state index contributed by atoms with van der Waals surface area (Å²) in [4.78, 5) is 0. The zero-order valence-corrected chi connectivity index (χ0v) is 11.1. The Morgan fingerprint density at radius 2 is 2.15 bits per heavy atom. The summed E-state index contributed by atoms with van der Waals surface area (Å²) in [5.74, 6) is 1.55. The topological polar surface area (TPSA) is 69.4 Å². The van der Waals surface area contributed by atoms with E-state index in [0.717, 1.165) is 23.6 Å². The number of hydrogen-bond acceptors (Lipinski definition) is 5. The number of hydrogen-bond donors (Lipinski definition) is 1. The van der Waals surface area contributed by atoms with Crippen LogP contribution in [-0.4, -0.2) is 39.4 Å². The number of rotatable bonds is 5. The van der Waals surface area contributed by atoms with E-state index >= 15 is 0 Å². The lowest BCUT2D eigenvalue weighted by Gasteiger charge is -2.26. The molecule has 0 aliphatic carbocycles. The molecule has 20 heavy (non-hydrogen) atoms. The highest BCUT2D eigenvalue weighted by Gasteiger charge is 2.21. The number of aliphatic hydroxyl groups is 1. The van der Waals surface area contributed by atoms with Gasteiger partial charge >= 0.3 is 0 Å². The van der Waals surface area contributed by atoms with E-state index in [1.807, 2.05) is 30.5 Å². The van der Waals surface area contributed by atoms with Gasteiger partial charge in [0.15, 0.2) is 17.6 Å². The van der Waals surface area contributed by atoms with Gasteiger partial charge in [0.1, 0.15) is 6.61 Å². The standard InChI is InChI=1S/C14H17N3O3/c18-7-3-4-11-8-17(16-15-11)9-12-10-19-13-5-1-2-6-14(13)20-12/h1-2,5-6,8,12,18H,3-4,7,9-10H2. The molecule has 1 aromatic heterocycles. The minimum atomic E-state index is -0.0720. The van der Waals surface area contributed by atoms with Crippen LogP contribution in [0, 0.1) is 0 Å². The molecule has 0 saturated carbocycles. The fraction of sp³-hybridized carbons (Fsp3) is 0.429. The van der Waals surface area contributed by atoms with Crippen molar-refractivity contribution in [2.75, 3.05) is 13.2 Å². The molecular weight excluding hydrogens is 258 g/mol. The maximum absolute atomic E-state index is 8.80. The van der Waals surface area contributed by atoms with Crippen molar-refractivity contribution in [2.45, 2.75) is 25.5 Å². The van der Waals surface area contributed by atoms with E-state index < -0.39 is 0 Å². The highest BCUT2D eigenvalue weighted by Crippen LogP contribution is 2.31. The smallest absolute Gasteiger partial charge is 0.161 e. The Balaban J connectivity index is 1.60. The average Bonchev–Trinajstić information content (AvgIpc) is 2.92. The summed E-state index contributed by atoms with van der Waals surface area (Å²) in [5.41, 5.74) is 0.885. The second-order valence-electron chi connectivity index (χ2n) is 4.76. The van der Waals surface area contributed by atoms with E-state index in [9.17, 15) is 0 Å². The van der Waals surface area contributed by atoms with Crippen LogP contribution in [0.15, 0.2) is 30.5 Å². The predicted octanol–water partition coefficient (Wildman–Crippen LogP) is 1.04. The summed E-state index contributed by atoms with van der Waals surface area (Å²) in [6.45, 7) is 1.27. The number of para-hydroxylation sites is 2. The minimum absolute atomic E-state index is 0.0720. The minimum Gasteiger partial charge on any atom is -0.486 e. The summed E-state index contributed by atoms with van der Waals surface area (Å²) in [6.07, 6.45) is 3.26. The van der Waals surface area contributed by atoms with E-state index in [4.69, 9.17) is 14.6 Å². The van der Waals surface area contributed by atoms with Gasteiger partial charge in [-0.3, -0.25) is 0 Å². The van der Waals surface area contributed by atoms with Crippen LogP contribution < -0.4 is 9.47 Å². The number of fused-ring (bicyclic) bond motifs is 1. The molecule has 1 atom stereocenters. The third-order valence-electron chi connectivity index (χ3n) is 3.14. The van der Waals surface area contributed by atoms with Crippen LogP contribution in [0.25, 0.3) is 0 Å². The Morgan fingerprint density at radius 1 is 1.30 bits per heavy atom. The number of nitrogens with zero attached hydrogens (tertiary/aromatic N) is 3. The van der Waals surface area contributed by atoms with Crippen molar-refractivity contribution in [1.29, 1.82) is 0 Å². The Labute approximate surface area is 116 Å². The molecule has 3 rings (SSSR count). The lowest BCUT2D eigenvalue weighted by molar-refractivity contribution is 0.0755. The molecule has 1 aliphatic heterocycles. The van der Waals surface area contributed by atoms with Gasteiger partial charge in [0, 0.05) is 12.8 Å². The van der Waals surface area contributed by atoms with Crippen LogP contribution in [0.3, 0.4) is 0 Å². The van der Waals surface area contributed by atoms with Gasteiger partial charge in [-0.1, -0.05) is 17.3 Å². The van der Waals surface area contributed by atoms with Gasteiger partial charge in [0.05, 0.1) is 12.2 Å². The molecule has 0 saturated heterocycles. The molecule has 1 aliphatic rings. The van der Waals surface area contributed by atoms with Crippen LogP contribution in [-0.2, 0) is 13.0 Å². The summed E-state index contributed by atoms with van der Waals surface area (Å²) >= 11 is 0. The van der Waals surface area contributed by atoms with Gasteiger partial charge in [-0.15, -0.1) is 5.10 Å². The Bertz CT molecular complexity index is 570. The molecule has 0 radical (unpaired) electrons. The van der Waals surface area contributed by atoms with Gasteiger partial charge in [-0.2, -0.15) is 0 Å².